The first-order valence-corrected chi connectivity index (χ1v) is 7.19. The molecule has 1 amide bonds. The number of rotatable bonds is 4. The third kappa shape index (κ3) is 3.60. The second-order valence-electron chi connectivity index (χ2n) is 5.54. The standard InChI is InChI=1S/C15H20N2O3/c16-11-15(8-4-5-9-15)17-13(18)10-20-14(19)12-6-2-1-3-7-12/h1-2,12H,3-10H2,(H,17,18)/t12-/m1/s1. The van der Waals surface area contributed by atoms with E-state index in [0.717, 1.165) is 25.7 Å². The number of nitriles is 1. The first kappa shape index (κ1) is 14.6. The fourth-order valence-corrected chi connectivity index (χ4v) is 2.81. The van der Waals surface area contributed by atoms with Crippen molar-refractivity contribution < 1.29 is 14.3 Å². The molecule has 0 aromatic rings. The van der Waals surface area contributed by atoms with E-state index in [2.05, 4.69) is 11.4 Å². The van der Waals surface area contributed by atoms with Crippen molar-refractivity contribution in [3.8, 4) is 6.07 Å². The molecule has 0 aliphatic heterocycles. The summed E-state index contributed by atoms with van der Waals surface area (Å²) in [5, 5.41) is 11.9. The molecule has 0 radical (unpaired) electrons. The van der Waals surface area contributed by atoms with Gasteiger partial charge in [-0.25, -0.2) is 0 Å². The van der Waals surface area contributed by atoms with E-state index in [-0.39, 0.29) is 24.4 Å². The Morgan fingerprint density at radius 3 is 2.70 bits per heavy atom. The van der Waals surface area contributed by atoms with Crippen LogP contribution in [0.3, 0.4) is 0 Å². The number of allylic oxidation sites excluding steroid dienone is 2. The predicted octanol–water partition coefficient (Wildman–Crippen LogP) is 1.84. The first-order chi connectivity index (χ1) is 9.65. The molecule has 0 aromatic carbocycles. The fourth-order valence-electron chi connectivity index (χ4n) is 2.81. The molecule has 5 nitrogen and oxygen atoms in total. The van der Waals surface area contributed by atoms with Gasteiger partial charge in [-0.1, -0.05) is 12.2 Å². The zero-order valence-corrected chi connectivity index (χ0v) is 11.6. The summed E-state index contributed by atoms with van der Waals surface area (Å²) in [6, 6.07) is 2.18. The highest BCUT2D eigenvalue weighted by molar-refractivity contribution is 5.82. The molecule has 2 aliphatic rings. The molecule has 2 aliphatic carbocycles. The van der Waals surface area contributed by atoms with Gasteiger partial charge in [-0.05, 0) is 44.9 Å². The zero-order valence-electron chi connectivity index (χ0n) is 11.6. The van der Waals surface area contributed by atoms with Crippen molar-refractivity contribution in [2.24, 2.45) is 5.92 Å². The summed E-state index contributed by atoms with van der Waals surface area (Å²) in [6.45, 7) is -0.289. The summed E-state index contributed by atoms with van der Waals surface area (Å²) >= 11 is 0. The highest BCUT2D eigenvalue weighted by Gasteiger charge is 2.35. The Bertz CT molecular complexity index is 445. The lowest BCUT2D eigenvalue weighted by atomic mass is 9.95. The Labute approximate surface area is 119 Å². The Balaban J connectivity index is 1.76. The maximum Gasteiger partial charge on any atom is 0.309 e. The number of nitrogens with one attached hydrogen (secondary N) is 1. The molecule has 20 heavy (non-hydrogen) atoms. The second kappa shape index (κ2) is 6.56. The van der Waals surface area contributed by atoms with E-state index in [1.54, 1.807) is 0 Å². The number of carbonyl (C=O) groups excluding carboxylic acids is 2. The molecule has 0 saturated heterocycles. The third-order valence-corrected chi connectivity index (χ3v) is 4.00. The Kier molecular flexibility index (Phi) is 4.78. The molecule has 1 atom stereocenters. The van der Waals surface area contributed by atoms with Gasteiger partial charge in [0, 0.05) is 0 Å². The summed E-state index contributed by atoms with van der Waals surface area (Å²) < 4.78 is 5.05. The van der Waals surface area contributed by atoms with Crippen molar-refractivity contribution >= 4 is 11.9 Å². The Morgan fingerprint density at radius 2 is 2.10 bits per heavy atom. The van der Waals surface area contributed by atoms with Crippen LogP contribution in [0.15, 0.2) is 12.2 Å². The summed E-state index contributed by atoms with van der Waals surface area (Å²) in [4.78, 5) is 23.6. The molecule has 1 fully saturated rings. The average Bonchev–Trinajstić information content (AvgIpc) is 2.95. The summed E-state index contributed by atoms with van der Waals surface area (Å²) in [7, 11) is 0. The number of hydrogen-bond acceptors (Lipinski definition) is 4. The molecule has 0 spiro atoms. The summed E-state index contributed by atoms with van der Waals surface area (Å²) in [5.74, 6) is -0.834. The highest BCUT2D eigenvalue weighted by atomic mass is 16.5. The van der Waals surface area contributed by atoms with Crippen LogP contribution in [0.1, 0.15) is 44.9 Å². The molecule has 0 aromatic heterocycles. The van der Waals surface area contributed by atoms with E-state index in [1.807, 2.05) is 12.2 Å². The monoisotopic (exact) mass is 276 g/mol. The van der Waals surface area contributed by atoms with Crippen LogP contribution < -0.4 is 5.32 Å². The largest absolute Gasteiger partial charge is 0.455 e. The van der Waals surface area contributed by atoms with Crippen LogP contribution in [0.25, 0.3) is 0 Å². The van der Waals surface area contributed by atoms with Gasteiger partial charge in [0.1, 0.15) is 5.54 Å². The van der Waals surface area contributed by atoms with Crippen LogP contribution in [0.5, 0.6) is 0 Å². The Morgan fingerprint density at radius 1 is 1.35 bits per heavy atom. The van der Waals surface area contributed by atoms with Crippen LogP contribution >= 0.6 is 0 Å². The van der Waals surface area contributed by atoms with Gasteiger partial charge in [0.25, 0.3) is 5.91 Å². The van der Waals surface area contributed by atoms with Gasteiger partial charge in [-0.2, -0.15) is 5.26 Å². The predicted molar refractivity (Wildman–Crippen MR) is 72.4 cm³/mol. The zero-order chi connectivity index (χ0) is 14.4. The molecular formula is C15H20N2O3. The minimum atomic E-state index is -0.753. The summed E-state index contributed by atoms with van der Waals surface area (Å²) in [6.07, 6.45) is 9.61. The smallest absolute Gasteiger partial charge is 0.309 e. The number of amides is 1. The lowest BCUT2D eigenvalue weighted by Gasteiger charge is -2.22. The lowest BCUT2D eigenvalue weighted by molar-refractivity contribution is -0.153. The van der Waals surface area contributed by atoms with Crippen LogP contribution in [-0.2, 0) is 14.3 Å². The van der Waals surface area contributed by atoms with Crippen LogP contribution in [0.4, 0.5) is 0 Å². The normalized spacial score (nSPS) is 23.9. The fraction of sp³-hybridized carbons (Fsp3) is 0.667. The van der Waals surface area contributed by atoms with Crippen molar-refractivity contribution in [2.75, 3.05) is 6.61 Å². The molecule has 0 unspecified atom stereocenters. The van der Waals surface area contributed by atoms with Crippen LogP contribution in [0.2, 0.25) is 0 Å². The van der Waals surface area contributed by atoms with Gasteiger partial charge in [0.05, 0.1) is 12.0 Å². The van der Waals surface area contributed by atoms with E-state index >= 15 is 0 Å². The van der Waals surface area contributed by atoms with E-state index in [1.165, 1.54) is 0 Å². The number of hydrogen-bond donors (Lipinski definition) is 1. The van der Waals surface area contributed by atoms with Gasteiger partial charge in [0.15, 0.2) is 6.61 Å². The molecule has 1 saturated carbocycles. The topological polar surface area (TPSA) is 79.2 Å². The Hall–Kier alpha value is -1.83. The number of carbonyl (C=O) groups is 2. The van der Waals surface area contributed by atoms with Crippen molar-refractivity contribution in [1.29, 1.82) is 5.26 Å². The van der Waals surface area contributed by atoms with E-state index in [0.29, 0.717) is 19.3 Å². The minimum absolute atomic E-state index is 0.135. The number of nitrogens with zero attached hydrogens (tertiary/aromatic N) is 1. The molecule has 2 rings (SSSR count). The van der Waals surface area contributed by atoms with E-state index in [9.17, 15) is 9.59 Å². The molecule has 0 bridgehead atoms. The molecule has 1 N–H and O–H groups in total. The van der Waals surface area contributed by atoms with Crippen molar-refractivity contribution in [1.82, 2.24) is 5.32 Å². The van der Waals surface area contributed by atoms with Crippen LogP contribution in [-0.4, -0.2) is 24.0 Å². The molecule has 0 heterocycles. The second-order valence-corrected chi connectivity index (χ2v) is 5.54. The van der Waals surface area contributed by atoms with Gasteiger partial charge in [-0.15, -0.1) is 0 Å². The third-order valence-electron chi connectivity index (χ3n) is 4.00. The number of esters is 1. The van der Waals surface area contributed by atoms with Gasteiger partial charge < -0.3 is 10.1 Å². The van der Waals surface area contributed by atoms with Crippen LogP contribution in [0, 0.1) is 17.2 Å². The molecular weight excluding hydrogens is 256 g/mol. The lowest BCUT2D eigenvalue weighted by Crippen LogP contribution is -2.46. The van der Waals surface area contributed by atoms with Gasteiger partial charge in [-0.3, -0.25) is 9.59 Å². The first-order valence-electron chi connectivity index (χ1n) is 7.19. The van der Waals surface area contributed by atoms with Crippen molar-refractivity contribution in [2.45, 2.75) is 50.5 Å². The minimum Gasteiger partial charge on any atom is -0.455 e. The van der Waals surface area contributed by atoms with E-state index in [4.69, 9.17) is 10.00 Å². The van der Waals surface area contributed by atoms with Crippen molar-refractivity contribution in [3.05, 3.63) is 12.2 Å². The van der Waals surface area contributed by atoms with Crippen molar-refractivity contribution in [3.63, 3.8) is 0 Å². The molecule has 5 heteroatoms. The number of ether oxygens (including phenoxy) is 1. The van der Waals surface area contributed by atoms with E-state index < -0.39 is 5.54 Å². The average molecular weight is 276 g/mol. The summed E-state index contributed by atoms with van der Waals surface area (Å²) in [5.41, 5.74) is -0.753. The molecule has 108 valence electrons. The SMILES string of the molecule is N#CC1(NC(=O)COC(=O)[C@@H]2CC=CCC2)CCCC1. The van der Waals surface area contributed by atoms with Gasteiger partial charge in [0.2, 0.25) is 0 Å². The highest BCUT2D eigenvalue weighted by Crippen LogP contribution is 2.28. The maximum atomic E-state index is 11.8. The van der Waals surface area contributed by atoms with Gasteiger partial charge >= 0.3 is 5.97 Å². The quantitative estimate of drug-likeness (QED) is 0.627. The maximum absolute atomic E-state index is 11.8.